The number of hydrogen-bond acceptors (Lipinski definition) is 2. The summed E-state index contributed by atoms with van der Waals surface area (Å²) in [5, 5.41) is 5.37. The van der Waals surface area contributed by atoms with Gasteiger partial charge >= 0.3 is 0 Å². The van der Waals surface area contributed by atoms with Crippen molar-refractivity contribution in [3.8, 4) is 22.5 Å². The average Bonchev–Trinajstić information content (AvgIpc) is 3.20. The molecule has 8 rings (SSSR count). The Balaban J connectivity index is 0.000000205. The van der Waals surface area contributed by atoms with Crippen LogP contribution < -0.4 is 21.2 Å². The smallest absolute Gasteiger partial charge is 0.0408 e. The van der Waals surface area contributed by atoms with Crippen LogP contribution in [0.3, 0.4) is 0 Å². The second-order valence-corrected chi connectivity index (χ2v) is 14.6. The van der Waals surface area contributed by atoms with E-state index >= 15 is 0 Å². The van der Waals surface area contributed by atoms with Gasteiger partial charge in [-0.1, -0.05) is 168 Å². The molecule has 2 nitrogen and oxygen atoms in total. The molecule has 8 aromatic rings. The molecule has 0 atom stereocenters. The van der Waals surface area contributed by atoms with Gasteiger partial charge in [-0.25, -0.2) is 21.2 Å². The van der Waals surface area contributed by atoms with Crippen molar-refractivity contribution in [2.75, 3.05) is 0 Å². The number of aromatic nitrogens is 2. The first-order valence-corrected chi connectivity index (χ1v) is 19.3. The maximum Gasteiger partial charge on any atom is 0.0408 e. The number of nitrogens with zero attached hydrogens (tertiary/aromatic N) is 2. The molecule has 10 heteroatoms. The van der Waals surface area contributed by atoms with Gasteiger partial charge in [0.05, 0.1) is 0 Å². The zero-order valence-corrected chi connectivity index (χ0v) is 37.9. The van der Waals surface area contributed by atoms with Gasteiger partial charge < -0.3 is 27.1 Å². The zero-order chi connectivity index (χ0) is 39.5. The van der Waals surface area contributed by atoms with Gasteiger partial charge in [0.2, 0.25) is 0 Å². The molecule has 0 saturated carbocycles. The third kappa shape index (κ3) is 16.4. The van der Waals surface area contributed by atoms with Crippen molar-refractivity contribution in [3.05, 3.63) is 229 Å². The first-order chi connectivity index (χ1) is 27.2. The topological polar surface area (TPSA) is 25.8 Å². The SMILES string of the molecule is Cc1ccnc(-c2[c-]cc(F)cc2F)c1.Cc1ccnc(-c2[c-]cc(F)cc2F)c1.[Ir].[Ir].c1ccc([P-]c2ccccc2)cc1.c1ccc([P-]c2ccccc2)cc1. The van der Waals surface area contributed by atoms with Gasteiger partial charge in [0.25, 0.3) is 0 Å². The minimum absolute atomic E-state index is 0. The normalized spacial score (nSPS) is 9.76. The second-order valence-electron chi connectivity index (χ2n) is 12.1. The van der Waals surface area contributed by atoms with Crippen LogP contribution in [0.4, 0.5) is 17.6 Å². The summed E-state index contributed by atoms with van der Waals surface area (Å²) in [5.41, 5.74) is 3.26. The Morgan fingerprint density at radius 3 is 0.966 bits per heavy atom. The number of aryl methyl sites for hydroxylation is 2. The summed E-state index contributed by atoms with van der Waals surface area (Å²) in [6.07, 6.45) is 3.17. The van der Waals surface area contributed by atoms with Gasteiger partial charge in [0.1, 0.15) is 0 Å². The number of benzene rings is 6. The Labute approximate surface area is 368 Å². The Bertz CT molecular complexity index is 2150. The summed E-state index contributed by atoms with van der Waals surface area (Å²) in [7, 11) is 2.56. The van der Waals surface area contributed by atoms with E-state index in [9.17, 15) is 17.6 Å². The summed E-state index contributed by atoms with van der Waals surface area (Å²) in [6.45, 7) is 3.76. The molecule has 0 aliphatic carbocycles. The molecule has 298 valence electrons. The average molecular weight is 1160 g/mol. The predicted molar refractivity (Wildman–Crippen MR) is 224 cm³/mol. The fourth-order valence-electron chi connectivity index (χ4n) is 4.94. The Morgan fingerprint density at radius 2 is 0.707 bits per heavy atom. The van der Waals surface area contributed by atoms with E-state index in [1.165, 1.54) is 38.4 Å². The zero-order valence-electron chi connectivity index (χ0n) is 31.3. The van der Waals surface area contributed by atoms with Gasteiger partial charge in [0.15, 0.2) is 0 Å². The van der Waals surface area contributed by atoms with Crippen LogP contribution in [0.5, 0.6) is 0 Å². The molecule has 0 unspecified atom stereocenters. The molecule has 0 aliphatic heterocycles. The van der Waals surface area contributed by atoms with E-state index in [-0.39, 0.29) is 51.3 Å². The third-order valence-corrected chi connectivity index (χ3v) is 9.83. The van der Waals surface area contributed by atoms with E-state index in [0.29, 0.717) is 11.4 Å². The summed E-state index contributed by atoms with van der Waals surface area (Å²) in [6, 6.07) is 58.0. The third-order valence-electron chi connectivity index (χ3n) is 7.60. The molecular formula is C48H36F4Ir2N2P2-4. The molecule has 2 aromatic heterocycles. The van der Waals surface area contributed by atoms with Crippen molar-refractivity contribution in [3.63, 3.8) is 0 Å². The van der Waals surface area contributed by atoms with Gasteiger partial charge in [-0.2, -0.15) is 0 Å². The Morgan fingerprint density at radius 1 is 0.414 bits per heavy atom. The Hall–Kier alpha value is -4.50. The molecule has 0 fully saturated rings. The van der Waals surface area contributed by atoms with Gasteiger partial charge in [0, 0.05) is 75.9 Å². The van der Waals surface area contributed by atoms with E-state index in [1.54, 1.807) is 24.5 Å². The largest absolute Gasteiger partial charge is 0.472 e. The Kier molecular flexibility index (Phi) is 21.3. The van der Waals surface area contributed by atoms with E-state index in [4.69, 9.17) is 0 Å². The minimum Gasteiger partial charge on any atom is -0.472 e. The fraction of sp³-hybridized carbons (Fsp3) is 0.0417. The minimum atomic E-state index is -0.645. The molecule has 58 heavy (non-hydrogen) atoms. The van der Waals surface area contributed by atoms with Crippen LogP contribution >= 0.6 is 17.2 Å². The fourth-order valence-corrected chi connectivity index (χ4v) is 6.82. The molecular weight excluding hydrogens is 1130 g/mol. The van der Waals surface area contributed by atoms with E-state index in [1.807, 2.05) is 50.2 Å². The van der Waals surface area contributed by atoms with Crippen LogP contribution in [-0.2, 0) is 40.2 Å². The number of pyridine rings is 2. The monoisotopic (exact) mass is 1160 g/mol. The van der Waals surface area contributed by atoms with Gasteiger partial charge in [-0.3, -0.25) is 17.6 Å². The van der Waals surface area contributed by atoms with Crippen LogP contribution in [0.25, 0.3) is 22.5 Å². The van der Waals surface area contributed by atoms with E-state index in [0.717, 1.165) is 35.4 Å². The van der Waals surface area contributed by atoms with Gasteiger partial charge in [-0.15, -0.1) is 24.3 Å². The van der Waals surface area contributed by atoms with Crippen molar-refractivity contribution in [1.29, 1.82) is 0 Å². The molecule has 0 aliphatic rings. The van der Waals surface area contributed by atoms with Crippen molar-refractivity contribution >= 4 is 38.4 Å². The number of hydrogen-bond donors (Lipinski definition) is 0. The first kappa shape index (κ1) is 47.9. The summed E-state index contributed by atoms with van der Waals surface area (Å²) in [5.74, 6) is -2.56. The van der Waals surface area contributed by atoms with Gasteiger partial charge in [-0.05, 0) is 37.4 Å². The quantitative estimate of drug-likeness (QED) is 0.0942. The van der Waals surface area contributed by atoms with Crippen LogP contribution in [0, 0.1) is 49.2 Å². The predicted octanol–water partition coefficient (Wildman–Crippen LogP) is 11.4. The number of rotatable bonds is 6. The summed E-state index contributed by atoms with van der Waals surface area (Å²) >= 11 is 0. The molecule has 0 saturated heterocycles. The molecule has 2 radical (unpaired) electrons. The van der Waals surface area contributed by atoms with Crippen LogP contribution in [0.1, 0.15) is 11.1 Å². The van der Waals surface area contributed by atoms with Crippen molar-refractivity contribution in [2.45, 2.75) is 13.8 Å². The number of halogens is 4. The molecule has 0 spiro atoms. The van der Waals surface area contributed by atoms with Crippen molar-refractivity contribution in [2.24, 2.45) is 0 Å². The van der Waals surface area contributed by atoms with Crippen LogP contribution in [0.15, 0.2) is 182 Å². The van der Waals surface area contributed by atoms with Crippen LogP contribution in [0.2, 0.25) is 0 Å². The molecule has 0 amide bonds. The standard InChI is InChI=1S/2C12H8F2N.2C12H10P.2Ir/c2*1-8-4-5-15-12(6-8)10-3-2-9(13)7-11(10)14;2*1-3-7-11(8-4-1)13-12-9-5-2-6-10-12;;/h2*2,4-7H,1H3;2*1-10H;;/q4*-1;;. The summed E-state index contributed by atoms with van der Waals surface area (Å²) in [4.78, 5) is 8.01. The summed E-state index contributed by atoms with van der Waals surface area (Å²) < 4.78 is 52.0. The second kappa shape index (κ2) is 25.8. The van der Waals surface area contributed by atoms with Crippen molar-refractivity contribution in [1.82, 2.24) is 9.97 Å². The molecule has 2 heterocycles. The van der Waals surface area contributed by atoms with E-state index in [2.05, 4.69) is 119 Å². The van der Waals surface area contributed by atoms with E-state index < -0.39 is 23.3 Å². The van der Waals surface area contributed by atoms with Crippen LogP contribution in [-0.4, -0.2) is 9.97 Å². The molecule has 0 bridgehead atoms. The molecule has 6 aromatic carbocycles. The van der Waals surface area contributed by atoms with Crippen molar-refractivity contribution < 1.29 is 57.8 Å². The maximum atomic E-state index is 13.4. The maximum absolute atomic E-state index is 13.4. The molecule has 0 N–H and O–H groups in total. The first-order valence-electron chi connectivity index (χ1n) is 17.5.